The van der Waals surface area contributed by atoms with Crippen LogP contribution in [0.4, 0.5) is 4.79 Å². The molecule has 1 aromatic rings. The van der Waals surface area contributed by atoms with Gasteiger partial charge in [0.15, 0.2) is 0 Å². The molecule has 4 rings (SSSR count). The normalized spacial score (nSPS) is 27.6. The fourth-order valence-electron chi connectivity index (χ4n) is 4.26. The molecule has 3 aliphatic rings. The fourth-order valence-corrected chi connectivity index (χ4v) is 5.04. The van der Waals surface area contributed by atoms with Gasteiger partial charge in [0.2, 0.25) is 0 Å². The zero-order valence-corrected chi connectivity index (χ0v) is 14.9. The Morgan fingerprint density at radius 3 is 2.83 bits per heavy atom. The number of thiazole rings is 1. The zero-order chi connectivity index (χ0) is 16.4. The Morgan fingerprint density at radius 1 is 1.29 bits per heavy atom. The zero-order valence-electron chi connectivity index (χ0n) is 14.1. The van der Waals surface area contributed by atoms with Crippen LogP contribution in [0.2, 0.25) is 0 Å². The predicted molar refractivity (Wildman–Crippen MR) is 94.0 cm³/mol. The van der Waals surface area contributed by atoms with Crippen LogP contribution in [0.15, 0.2) is 11.6 Å². The van der Waals surface area contributed by atoms with E-state index >= 15 is 0 Å². The van der Waals surface area contributed by atoms with Gasteiger partial charge in [0.25, 0.3) is 0 Å². The van der Waals surface area contributed by atoms with Crippen LogP contribution in [0.25, 0.3) is 0 Å². The van der Waals surface area contributed by atoms with E-state index in [9.17, 15) is 4.79 Å². The van der Waals surface area contributed by atoms with Crippen LogP contribution in [0.5, 0.6) is 0 Å². The minimum atomic E-state index is -0.0417. The van der Waals surface area contributed by atoms with Crippen LogP contribution in [-0.2, 0) is 4.74 Å². The van der Waals surface area contributed by atoms with Crippen LogP contribution < -0.4 is 10.6 Å². The van der Waals surface area contributed by atoms with Crippen molar-refractivity contribution >= 4 is 17.4 Å². The van der Waals surface area contributed by atoms with Crippen molar-refractivity contribution in [2.75, 3.05) is 6.61 Å². The monoisotopic (exact) mass is 349 g/mol. The average molecular weight is 350 g/mol. The standard InChI is InChI=1S/C18H27N3O2S/c22-17(21-15(13-4-5-13)16-19-9-11-24-16)20-14-6-10-23-18(12-14)7-2-1-3-8-18/h9,11,13-15H,1-8,10,12H2,(H2,20,21,22)/t14-,15-/m1/s1. The van der Waals surface area contributed by atoms with E-state index in [1.54, 1.807) is 11.3 Å². The Hall–Kier alpha value is -1.14. The molecule has 0 radical (unpaired) electrons. The predicted octanol–water partition coefficient (Wildman–Crippen LogP) is 3.78. The van der Waals surface area contributed by atoms with E-state index in [-0.39, 0.29) is 23.7 Å². The number of carbonyl (C=O) groups excluding carboxylic acids is 1. The summed E-state index contributed by atoms with van der Waals surface area (Å²) in [4.78, 5) is 16.9. The van der Waals surface area contributed by atoms with Gasteiger partial charge in [-0.3, -0.25) is 0 Å². The molecule has 1 aromatic heterocycles. The summed E-state index contributed by atoms with van der Waals surface area (Å²) in [6.07, 6.45) is 12.2. The van der Waals surface area contributed by atoms with E-state index in [0.717, 1.165) is 37.3 Å². The van der Waals surface area contributed by atoms with Gasteiger partial charge in [-0.1, -0.05) is 19.3 Å². The molecule has 0 aromatic carbocycles. The molecular weight excluding hydrogens is 322 g/mol. The number of hydrogen-bond donors (Lipinski definition) is 2. The summed E-state index contributed by atoms with van der Waals surface area (Å²) in [6, 6.07) is 0.265. The quantitative estimate of drug-likeness (QED) is 0.869. The van der Waals surface area contributed by atoms with E-state index in [2.05, 4.69) is 15.6 Å². The molecule has 132 valence electrons. The minimum Gasteiger partial charge on any atom is -0.375 e. The molecule has 24 heavy (non-hydrogen) atoms. The van der Waals surface area contributed by atoms with E-state index in [1.807, 2.05) is 11.6 Å². The number of hydrogen-bond acceptors (Lipinski definition) is 4. The van der Waals surface area contributed by atoms with Crippen LogP contribution in [0.1, 0.15) is 68.8 Å². The Kier molecular flexibility index (Phi) is 4.77. The molecule has 2 N–H and O–H groups in total. The molecule has 0 bridgehead atoms. The second kappa shape index (κ2) is 7.00. The summed E-state index contributed by atoms with van der Waals surface area (Å²) in [5.41, 5.74) is 0.0274. The Balaban J connectivity index is 1.33. The van der Waals surface area contributed by atoms with Crippen molar-refractivity contribution in [3.05, 3.63) is 16.6 Å². The first kappa shape index (κ1) is 16.3. The molecule has 1 aliphatic heterocycles. The first-order valence-electron chi connectivity index (χ1n) is 9.34. The Labute approximate surface area is 147 Å². The van der Waals surface area contributed by atoms with Crippen molar-refractivity contribution in [2.45, 2.75) is 75.5 Å². The summed E-state index contributed by atoms with van der Waals surface area (Å²) in [5.74, 6) is 0.557. The van der Waals surface area contributed by atoms with Crippen LogP contribution in [-0.4, -0.2) is 29.3 Å². The number of amides is 2. The highest BCUT2D eigenvalue weighted by Crippen LogP contribution is 2.42. The molecule has 2 saturated carbocycles. The van der Waals surface area contributed by atoms with Crippen molar-refractivity contribution < 1.29 is 9.53 Å². The molecule has 3 fully saturated rings. The van der Waals surface area contributed by atoms with Gasteiger partial charge in [-0.25, -0.2) is 9.78 Å². The molecule has 5 nitrogen and oxygen atoms in total. The van der Waals surface area contributed by atoms with Gasteiger partial charge in [0.05, 0.1) is 11.6 Å². The molecule has 0 unspecified atom stereocenters. The van der Waals surface area contributed by atoms with Gasteiger partial charge >= 0.3 is 6.03 Å². The average Bonchev–Trinajstić information content (AvgIpc) is 3.27. The summed E-state index contributed by atoms with van der Waals surface area (Å²) in [5, 5.41) is 9.40. The third kappa shape index (κ3) is 3.75. The highest BCUT2D eigenvalue weighted by atomic mass is 32.1. The molecule has 1 spiro atoms. The number of ether oxygens (including phenoxy) is 1. The largest absolute Gasteiger partial charge is 0.375 e. The van der Waals surface area contributed by atoms with E-state index in [1.165, 1.54) is 32.1 Å². The van der Waals surface area contributed by atoms with Crippen molar-refractivity contribution in [1.29, 1.82) is 0 Å². The Bertz CT molecular complexity index is 547. The lowest BCUT2D eigenvalue weighted by Crippen LogP contribution is -2.52. The highest BCUT2D eigenvalue weighted by Gasteiger charge is 2.40. The number of aromatic nitrogens is 1. The smallest absolute Gasteiger partial charge is 0.315 e. The maximum atomic E-state index is 12.5. The summed E-state index contributed by atoms with van der Waals surface area (Å²) < 4.78 is 6.13. The molecule has 2 aliphatic carbocycles. The maximum absolute atomic E-state index is 12.5. The highest BCUT2D eigenvalue weighted by molar-refractivity contribution is 7.09. The number of nitrogens with one attached hydrogen (secondary N) is 2. The summed E-state index contributed by atoms with van der Waals surface area (Å²) in [7, 11) is 0. The van der Waals surface area contributed by atoms with Crippen molar-refractivity contribution in [3.63, 3.8) is 0 Å². The Morgan fingerprint density at radius 2 is 2.12 bits per heavy atom. The van der Waals surface area contributed by atoms with E-state index in [0.29, 0.717) is 5.92 Å². The third-order valence-corrected chi connectivity index (χ3v) is 6.55. The van der Waals surface area contributed by atoms with Crippen molar-refractivity contribution in [3.8, 4) is 0 Å². The van der Waals surface area contributed by atoms with Gasteiger partial charge in [-0.2, -0.15) is 0 Å². The molecule has 2 heterocycles. The van der Waals surface area contributed by atoms with Gasteiger partial charge in [0, 0.05) is 24.2 Å². The second-order valence-electron chi connectivity index (χ2n) is 7.59. The van der Waals surface area contributed by atoms with Crippen LogP contribution in [0, 0.1) is 5.92 Å². The fraction of sp³-hybridized carbons (Fsp3) is 0.778. The second-order valence-corrected chi connectivity index (χ2v) is 8.51. The molecular formula is C18H27N3O2S. The first-order chi connectivity index (χ1) is 11.7. The lowest BCUT2D eigenvalue weighted by atomic mass is 9.78. The summed E-state index contributed by atoms with van der Waals surface area (Å²) in [6.45, 7) is 0.767. The van der Waals surface area contributed by atoms with E-state index in [4.69, 9.17) is 4.74 Å². The number of nitrogens with zero attached hydrogens (tertiary/aromatic N) is 1. The van der Waals surface area contributed by atoms with Crippen molar-refractivity contribution in [2.24, 2.45) is 5.92 Å². The van der Waals surface area contributed by atoms with Crippen LogP contribution in [0.3, 0.4) is 0 Å². The molecule has 6 heteroatoms. The first-order valence-corrected chi connectivity index (χ1v) is 10.2. The van der Waals surface area contributed by atoms with Gasteiger partial charge in [-0.05, 0) is 44.4 Å². The molecule has 2 amide bonds. The minimum absolute atomic E-state index is 0.0274. The lowest BCUT2D eigenvalue weighted by molar-refractivity contribution is -0.107. The van der Waals surface area contributed by atoms with Crippen molar-refractivity contribution in [1.82, 2.24) is 15.6 Å². The number of rotatable bonds is 4. The maximum Gasteiger partial charge on any atom is 0.315 e. The molecule has 1 saturated heterocycles. The summed E-state index contributed by atoms with van der Waals surface area (Å²) >= 11 is 1.63. The van der Waals surface area contributed by atoms with Gasteiger partial charge < -0.3 is 15.4 Å². The SMILES string of the molecule is O=C(N[C@@H]1CCOC2(CCCCC2)C1)N[C@@H](c1nccs1)C1CC1. The van der Waals surface area contributed by atoms with Gasteiger partial charge in [-0.15, -0.1) is 11.3 Å². The lowest BCUT2D eigenvalue weighted by Gasteiger charge is -2.43. The third-order valence-electron chi connectivity index (χ3n) is 5.69. The van der Waals surface area contributed by atoms with Gasteiger partial charge in [0.1, 0.15) is 5.01 Å². The van der Waals surface area contributed by atoms with Crippen LogP contribution >= 0.6 is 11.3 Å². The topological polar surface area (TPSA) is 63.2 Å². The number of urea groups is 1. The van der Waals surface area contributed by atoms with E-state index < -0.39 is 0 Å². The number of carbonyl (C=O) groups is 1. The molecule has 2 atom stereocenters.